The van der Waals surface area contributed by atoms with Crippen molar-refractivity contribution in [3.05, 3.63) is 0 Å². The summed E-state index contributed by atoms with van der Waals surface area (Å²) in [5.74, 6) is -1.63. The molecule has 1 saturated carbocycles. The molecule has 0 aliphatic heterocycles. The number of carbonyl (C=O) groups is 1. The SMILES string of the molecule is CSCCC(=O)C1CCC(F)(F)CC1. The second kappa shape index (κ2) is 5.10. The van der Waals surface area contributed by atoms with E-state index in [1.165, 1.54) is 0 Å². The first-order chi connectivity index (χ1) is 6.55. The Bertz CT molecular complexity index is 196. The van der Waals surface area contributed by atoms with Crippen molar-refractivity contribution in [2.24, 2.45) is 5.92 Å². The largest absolute Gasteiger partial charge is 0.299 e. The van der Waals surface area contributed by atoms with Gasteiger partial charge in [-0.25, -0.2) is 8.78 Å². The second-order valence-electron chi connectivity index (χ2n) is 3.84. The van der Waals surface area contributed by atoms with E-state index in [-0.39, 0.29) is 24.5 Å². The van der Waals surface area contributed by atoms with Crippen molar-refractivity contribution in [2.45, 2.75) is 38.0 Å². The molecule has 4 heteroatoms. The Kier molecular flexibility index (Phi) is 4.35. The standard InChI is InChI=1S/C10H16F2OS/c1-14-7-4-9(13)8-2-5-10(11,12)6-3-8/h8H,2-7H2,1H3. The Balaban J connectivity index is 2.30. The molecule has 0 saturated heterocycles. The minimum Gasteiger partial charge on any atom is -0.299 e. The maximum absolute atomic E-state index is 12.8. The van der Waals surface area contributed by atoms with Crippen molar-refractivity contribution in [3.63, 3.8) is 0 Å². The van der Waals surface area contributed by atoms with Gasteiger partial charge in [0.1, 0.15) is 5.78 Å². The lowest BCUT2D eigenvalue weighted by Gasteiger charge is -2.27. The highest BCUT2D eigenvalue weighted by atomic mass is 32.2. The molecule has 0 bridgehead atoms. The van der Waals surface area contributed by atoms with Crippen LogP contribution in [0.25, 0.3) is 0 Å². The number of Topliss-reactive ketones (excluding diaryl/α,β-unsaturated/α-hetero) is 1. The van der Waals surface area contributed by atoms with Gasteiger partial charge >= 0.3 is 0 Å². The first kappa shape index (κ1) is 12.0. The molecule has 0 aromatic rings. The maximum Gasteiger partial charge on any atom is 0.248 e. The first-order valence-corrected chi connectivity index (χ1v) is 6.34. The van der Waals surface area contributed by atoms with Crippen molar-refractivity contribution < 1.29 is 13.6 Å². The van der Waals surface area contributed by atoms with Gasteiger partial charge in [-0.15, -0.1) is 0 Å². The molecule has 0 N–H and O–H groups in total. The normalized spacial score (nSPS) is 22.2. The predicted octanol–water partition coefficient (Wildman–Crippen LogP) is 3.13. The zero-order valence-corrected chi connectivity index (χ0v) is 9.21. The van der Waals surface area contributed by atoms with Gasteiger partial charge in [-0.2, -0.15) is 11.8 Å². The summed E-state index contributed by atoms with van der Waals surface area (Å²) < 4.78 is 25.6. The quantitative estimate of drug-likeness (QED) is 0.727. The highest BCUT2D eigenvalue weighted by Gasteiger charge is 2.36. The van der Waals surface area contributed by atoms with E-state index in [0.29, 0.717) is 19.3 Å². The summed E-state index contributed by atoms with van der Waals surface area (Å²) in [4.78, 5) is 11.5. The lowest BCUT2D eigenvalue weighted by Crippen LogP contribution is -2.28. The number of ketones is 1. The molecule has 0 heterocycles. The number of rotatable bonds is 4. The van der Waals surface area contributed by atoms with E-state index in [4.69, 9.17) is 0 Å². The fourth-order valence-corrected chi connectivity index (χ4v) is 2.17. The van der Waals surface area contributed by atoms with Crippen LogP contribution in [0.5, 0.6) is 0 Å². The smallest absolute Gasteiger partial charge is 0.248 e. The molecule has 1 aliphatic carbocycles. The van der Waals surface area contributed by atoms with Crippen molar-refractivity contribution in [1.29, 1.82) is 0 Å². The van der Waals surface area contributed by atoms with Crippen molar-refractivity contribution in [3.8, 4) is 0 Å². The highest BCUT2D eigenvalue weighted by molar-refractivity contribution is 7.98. The van der Waals surface area contributed by atoms with Crippen molar-refractivity contribution in [1.82, 2.24) is 0 Å². The van der Waals surface area contributed by atoms with Gasteiger partial charge in [0.15, 0.2) is 0 Å². The van der Waals surface area contributed by atoms with Crippen LogP contribution in [0.3, 0.4) is 0 Å². The third-order valence-corrected chi connectivity index (χ3v) is 3.34. The van der Waals surface area contributed by atoms with E-state index in [0.717, 1.165) is 5.75 Å². The fourth-order valence-electron chi connectivity index (χ4n) is 1.77. The van der Waals surface area contributed by atoms with Crippen molar-refractivity contribution >= 4 is 17.5 Å². The van der Waals surface area contributed by atoms with E-state index in [2.05, 4.69) is 0 Å². The van der Waals surface area contributed by atoms with Crippen LogP contribution >= 0.6 is 11.8 Å². The maximum atomic E-state index is 12.8. The highest BCUT2D eigenvalue weighted by Crippen LogP contribution is 2.36. The van der Waals surface area contributed by atoms with Gasteiger partial charge in [-0.05, 0) is 24.9 Å². The van der Waals surface area contributed by atoms with Crippen LogP contribution in [-0.2, 0) is 4.79 Å². The summed E-state index contributed by atoms with van der Waals surface area (Å²) >= 11 is 1.62. The van der Waals surface area contributed by atoms with E-state index in [1.807, 2.05) is 6.26 Å². The summed E-state index contributed by atoms with van der Waals surface area (Å²) in [6.07, 6.45) is 3.02. The molecular weight excluding hydrogens is 206 g/mol. The average molecular weight is 222 g/mol. The third-order valence-electron chi connectivity index (χ3n) is 2.73. The van der Waals surface area contributed by atoms with E-state index >= 15 is 0 Å². The molecule has 0 spiro atoms. The molecule has 0 atom stereocenters. The predicted molar refractivity (Wildman–Crippen MR) is 54.9 cm³/mol. The van der Waals surface area contributed by atoms with Crippen LogP contribution in [0.4, 0.5) is 8.78 Å². The molecule has 0 amide bonds. The molecule has 0 aromatic heterocycles. The van der Waals surface area contributed by atoms with Crippen LogP contribution in [-0.4, -0.2) is 23.7 Å². The first-order valence-electron chi connectivity index (χ1n) is 4.94. The van der Waals surface area contributed by atoms with Gasteiger partial charge in [-0.3, -0.25) is 4.79 Å². The molecule has 1 aliphatic rings. The summed E-state index contributed by atoms with van der Waals surface area (Å²) in [5, 5.41) is 0. The molecule has 1 fully saturated rings. The molecular formula is C10H16F2OS. The zero-order valence-electron chi connectivity index (χ0n) is 8.39. The van der Waals surface area contributed by atoms with Crippen LogP contribution in [0.1, 0.15) is 32.1 Å². The molecule has 0 unspecified atom stereocenters. The van der Waals surface area contributed by atoms with Crippen molar-refractivity contribution in [2.75, 3.05) is 12.0 Å². The third kappa shape index (κ3) is 3.56. The number of thioether (sulfide) groups is 1. The monoisotopic (exact) mass is 222 g/mol. The number of hydrogen-bond donors (Lipinski definition) is 0. The van der Waals surface area contributed by atoms with E-state index in [9.17, 15) is 13.6 Å². The van der Waals surface area contributed by atoms with Crippen LogP contribution in [0.2, 0.25) is 0 Å². The topological polar surface area (TPSA) is 17.1 Å². The summed E-state index contributed by atoms with van der Waals surface area (Å²) in [6, 6.07) is 0. The van der Waals surface area contributed by atoms with Crippen LogP contribution in [0.15, 0.2) is 0 Å². The summed E-state index contributed by atoms with van der Waals surface area (Å²) in [7, 11) is 0. The van der Waals surface area contributed by atoms with Gasteiger partial charge in [0.25, 0.3) is 0 Å². The van der Waals surface area contributed by atoms with Gasteiger partial charge in [0, 0.05) is 25.2 Å². The molecule has 14 heavy (non-hydrogen) atoms. The fraction of sp³-hybridized carbons (Fsp3) is 0.900. The van der Waals surface area contributed by atoms with E-state index < -0.39 is 5.92 Å². The van der Waals surface area contributed by atoms with Crippen LogP contribution in [0, 0.1) is 5.92 Å². The minimum absolute atomic E-state index is 0.0956. The number of hydrogen-bond acceptors (Lipinski definition) is 2. The molecule has 0 aromatic carbocycles. The Morgan fingerprint density at radius 3 is 2.50 bits per heavy atom. The number of alkyl halides is 2. The number of carbonyl (C=O) groups excluding carboxylic acids is 1. The molecule has 82 valence electrons. The van der Waals surface area contributed by atoms with Gasteiger partial charge in [0.05, 0.1) is 0 Å². The van der Waals surface area contributed by atoms with Gasteiger partial charge in [-0.1, -0.05) is 0 Å². The lowest BCUT2D eigenvalue weighted by molar-refractivity contribution is -0.126. The minimum atomic E-state index is -2.52. The average Bonchev–Trinajstić information content (AvgIpc) is 2.14. The Hall–Kier alpha value is -0.120. The molecule has 1 nitrogen and oxygen atoms in total. The second-order valence-corrected chi connectivity index (χ2v) is 4.82. The van der Waals surface area contributed by atoms with Gasteiger partial charge in [0.2, 0.25) is 5.92 Å². The Morgan fingerprint density at radius 2 is 2.00 bits per heavy atom. The molecule has 1 rings (SSSR count). The molecule has 0 radical (unpaired) electrons. The van der Waals surface area contributed by atoms with Gasteiger partial charge < -0.3 is 0 Å². The lowest BCUT2D eigenvalue weighted by atomic mass is 9.83. The summed E-state index contributed by atoms with van der Waals surface area (Å²) in [5.41, 5.74) is 0. The number of halogens is 2. The van der Waals surface area contributed by atoms with Crippen LogP contribution < -0.4 is 0 Å². The van der Waals surface area contributed by atoms with E-state index in [1.54, 1.807) is 11.8 Å². The Labute approximate surface area is 87.6 Å². The summed E-state index contributed by atoms with van der Waals surface area (Å²) in [6.45, 7) is 0. The zero-order chi connectivity index (χ0) is 10.6. The Morgan fingerprint density at radius 1 is 1.43 bits per heavy atom.